The van der Waals surface area contributed by atoms with E-state index < -0.39 is 0 Å². The fourth-order valence-corrected chi connectivity index (χ4v) is 1.96. The lowest BCUT2D eigenvalue weighted by Gasteiger charge is -2.27. The lowest BCUT2D eigenvalue weighted by Crippen LogP contribution is -2.17. The normalized spacial score (nSPS) is 14.9. The second kappa shape index (κ2) is 5.29. The van der Waals surface area contributed by atoms with Crippen LogP contribution in [0.15, 0.2) is 30.5 Å². The number of allylic oxidation sites excluding steroid dienone is 2. The number of rotatable bonds is 3. The number of pyridine rings is 1. The van der Waals surface area contributed by atoms with E-state index in [9.17, 15) is 0 Å². The highest BCUT2D eigenvalue weighted by Gasteiger charge is 2.20. The van der Waals surface area contributed by atoms with Crippen LogP contribution in [0.4, 0.5) is 0 Å². The van der Waals surface area contributed by atoms with Crippen LogP contribution in [0.5, 0.6) is 0 Å². The zero-order valence-electron chi connectivity index (χ0n) is 11.1. The number of hydrogen-bond acceptors (Lipinski definition) is 1. The highest BCUT2D eigenvalue weighted by molar-refractivity contribution is 5.60. The van der Waals surface area contributed by atoms with Crippen molar-refractivity contribution >= 4 is 5.57 Å². The van der Waals surface area contributed by atoms with Crippen molar-refractivity contribution in [2.45, 2.75) is 41.0 Å². The third-order valence-corrected chi connectivity index (χ3v) is 3.07. The minimum Gasteiger partial charge on any atom is -0.257 e. The molecule has 0 radical (unpaired) electrons. The van der Waals surface area contributed by atoms with E-state index in [2.05, 4.69) is 51.7 Å². The number of nitrogens with zero attached hydrogens (tertiary/aromatic N) is 1. The molecule has 0 spiro atoms. The van der Waals surface area contributed by atoms with Crippen molar-refractivity contribution in [3.8, 4) is 0 Å². The van der Waals surface area contributed by atoms with Gasteiger partial charge < -0.3 is 0 Å². The van der Waals surface area contributed by atoms with E-state index in [4.69, 9.17) is 0 Å². The molecule has 0 saturated carbocycles. The average Bonchev–Trinajstić information content (AvgIpc) is 2.25. The second-order valence-electron chi connectivity index (χ2n) is 5.45. The van der Waals surface area contributed by atoms with E-state index in [0.29, 0.717) is 11.3 Å². The monoisotopic (exact) mass is 217 g/mol. The first-order chi connectivity index (χ1) is 7.45. The molecule has 0 saturated heterocycles. The molecule has 1 heteroatoms. The Morgan fingerprint density at radius 1 is 1.38 bits per heavy atom. The van der Waals surface area contributed by atoms with Crippen LogP contribution in [0.25, 0.3) is 5.57 Å². The first-order valence-electron chi connectivity index (χ1n) is 6.05. The fourth-order valence-electron chi connectivity index (χ4n) is 1.96. The molecule has 1 unspecified atom stereocenters. The molecular formula is C15H23N. The summed E-state index contributed by atoms with van der Waals surface area (Å²) >= 11 is 0. The van der Waals surface area contributed by atoms with E-state index in [1.165, 1.54) is 12.0 Å². The number of hydrogen-bond donors (Lipinski definition) is 0. The van der Waals surface area contributed by atoms with Crippen molar-refractivity contribution < 1.29 is 0 Å². The molecule has 0 fully saturated rings. The van der Waals surface area contributed by atoms with Crippen LogP contribution in [-0.4, -0.2) is 4.98 Å². The third kappa shape index (κ3) is 3.48. The largest absolute Gasteiger partial charge is 0.257 e. The van der Waals surface area contributed by atoms with Gasteiger partial charge in [0.1, 0.15) is 0 Å². The Morgan fingerprint density at radius 3 is 2.50 bits per heavy atom. The molecular weight excluding hydrogens is 194 g/mol. The number of aromatic nitrogens is 1. The average molecular weight is 217 g/mol. The van der Waals surface area contributed by atoms with Crippen LogP contribution in [0.3, 0.4) is 0 Å². The van der Waals surface area contributed by atoms with Crippen LogP contribution < -0.4 is 0 Å². The summed E-state index contributed by atoms with van der Waals surface area (Å²) in [7, 11) is 0. The Bertz CT molecular complexity index is 343. The summed E-state index contributed by atoms with van der Waals surface area (Å²) in [6.45, 7) is 11.3. The minimum atomic E-state index is 0.324. The SMILES string of the molecule is CCC(C=C(C)c1ccccn1)C(C)(C)C. The highest BCUT2D eigenvalue weighted by Crippen LogP contribution is 2.31. The molecule has 0 aliphatic heterocycles. The highest BCUT2D eigenvalue weighted by atomic mass is 14.7. The summed E-state index contributed by atoms with van der Waals surface area (Å²) in [5, 5.41) is 0. The summed E-state index contributed by atoms with van der Waals surface area (Å²) in [6.07, 6.45) is 5.39. The molecule has 0 bridgehead atoms. The molecule has 1 heterocycles. The van der Waals surface area contributed by atoms with Gasteiger partial charge in [-0.3, -0.25) is 4.98 Å². The van der Waals surface area contributed by atoms with E-state index in [1.54, 1.807) is 0 Å². The van der Waals surface area contributed by atoms with E-state index in [0.717, 1.165) is 5.69 Å². The summed E-state index contributed by atoms with van der Waals surface area (Å²) in [5.74, 6) is 0.606. The van der Waals surface area contributed by atoms with Crippen LogP contribution in [0.2, 0.25) is 0 Å². The molecule has 0 N–H and O–H groups in total. The Morgan fingerprint density at radius 2 is 2.06 bits per heavy atom. The molecule has 0 aromatic carbocycles. The van der Waals surface area contributed by atoms with Crippen molar-refractivity contribution in [3.05, 3.63) is 36.2 Å². The Balaban J connectivity index is 2.92. The maximum absolute atomic E-state index is 4.38. The Hall–Kier alpha value is -1.11. The second-order valence-corrected chi connectivity index (χ2v) is 5.45. The molecule has 1 nitrogen and oxygen atoms in total. The van der Waals surface area contributed by atoms with Gasteiger partial charge in [-0.15, -0.1) is 0 Å². The van der Waals surface area contributed by atoms with Gasteiger partial charge in [0.15, 0.2) is 0 Å². The first kappa shape index (κ1) is 13.0. The topological polar surface area (TPSA) is 12.9 Å². The molecule has 1 rings (SSSR count). The van der Waals surface area contributed by atoms with Crippen LogP contribution >= 0.6 is 0 Å². The molecule has 1 atom stereocenters. The zero-order chi connectivity index (χ0) is 12.2. The van der Waals surface area contributed by atoms with Gasteiger partial charge in [0, 0.05) is 6.20 Å². The van der Waals surface area contributed by atoms with E-state index in [1.807, 2.05) is 18.3 Å². The smallest absolute Gasteiger partial charge is 0.0655 e. The van der Waals surface area contributed by atoms with Gasteiger partial charge >= 0.3 is 0 Å². The molecule has 1 aromatic heterocycles. The van der Waals surface area contributed by atoms with Gasteiger partial charge in [-0.05, 0) is 42.4 Å². The Kier molecular flexibility index (Phi) is 4.28. The zero-order valence-corrected chi connectivity index (χ0v) is 11.1. The predicted octanol–water partition coefficient (Wildman–Crippen LogP) is 4.56. The van der Waals surface area contributed by atoms with E-state index >= 15 is 0 Å². The molecule has 0 amide bonds. The maximum Gasteiger partial charge on any atom is 0.0655 e. The van der Waals surface area contributed by atoms with Gasteiger partial charge in [-0.2, -0.15) is 0 Å². The molecule has 0 aliphatic carbocycles. The quantitative estimate of drug-likeness (QED) is 0.723. The summed E-state index contributed by atoms with van der Waals surface area (Å²) < 4.78 is 0. The van der Waals surface area contributed by atoms with Crippen molar-refractivity contribution in [2.75, 3.05) is 0 Å². The summed E-state index contributed by atoms with van der Waals surface area (Å²) in [4.78, 5) is 4.38. The maximum atomic E-state index is 4.38. The van der Waals surface area contributed by atoms with Crippen LogP contribution in [0.1, 0.15) is 46.7 Å². The van der Waals surface area contributed by atoms with Gasteiger partial charge in [-0.25, -0.2) is 0 Å². The van der Waals surface area contributed by atoms with Gasteiger partial charge in [-0.1, -0.05) is 39.8 Å². The van der Waals surface area contributed by atoms with Crippen molar-refractivity contribution in [3.63, 3.8) is 0 Å². The minimum absolute atomic E-state index is 0.324. The summed E-state index contributed by atoms with van der Waals surface area (Å²) in [6, 6.07) is 6.07. The van der Waals surface area contributed by atoms with Gasteiger partial charge in [0.05, 0.1) is 5.69 Å². The lowest BCUT2D eigenvalue weighted by atomic mass is 9.78. The molecule has 0 aliphatic rings. The van der Waals surface area contributed by atoms with Crippen molar-refractivity contribution in [1.82, 2.24) is 4.98 Å². The van der Waals surface area contributed by atoms with Crippen LogP contribution in [-0.2, 0) is 0 Å². The molecule has 88 valence electrons. The van der Waals surface area contributed by atoms with Crippen molar-refractivity contribution in [2.24, 2.45) is 11.3 Å². The lowest BCUT2D eigenvalue weighted by molar-refractivity contribution is 0.286. The van der Waals surface area contributed by atoms with E-state index in [-0.39, 0.29) is 0 Å². The van der Waals surface area contributed by atoms with Crippen molar-refractivity contribution in [1.29, 1.82) is 0 Å². The fraction of sp³-hybridized carbons (Fsp3) is 0.533. The third-order valence-electron chi connectivity index (χ3n) is 3.07. The standard InChI is InChI=1S/C15H23N/c1-6-13(15(3,4)5)11-12(2)14-9-7-8-10-16-14/h7-11,13H,6H2,1-5H3. The molecule has 1 aromatic rings. The Labute approximate surface area is 99.6 Å². The summed E-state index contributed by atoms with van der Waals surface area (Å²) in [5.41, 5.74) is 2.69. The van der Waals surface area contributed by atoms with Gasteiger partial charge in [0.25, 0.3) is 0 Å². The molecule has 16 heavy (non-hydrogen) atoms. The predicted molar refractivity (Wildman–Crippen MR) is 71.1 cm³/mol. The van der Waals surface area contributed by atoms with Gasteiger partial charge in [0.2, 0.25) is 0 Å². The van der Waals surface area contributed by atoms with Crippen LogP contribution in [0, 0.1) is 11.3 Å². The first-order valence-corrected chi connectivity index (χ1v) is 6.05.